The summed E-state index contributed by atoms with van der Waals surface area (Å²) < 4.78 is 2.28. The molecule has 2 unspecified atom stereocenters. The summed E-state index contributed by atoms with van der Waals surface area (Å²) in [6.07, 6.45) is 6.19. The lowest BCUT2D eigenvalue weighted by molar-refractivity contribution is 0.275. The highest BCUT2D eigenvalue weighted by Crippen LogP contribution is 2.31. The van der Waals surface area contributed by atoms with Crippen molar-refractivity contribution in [2.24, 2.45) is 5.92 Å². The summed E-state index contributed by atoms with van der Waals surface area (Å²) in [5.41, 5.74) is -0.000278. The van der Waals surface area contributed by atoms with E-state index >= 15 is 0 Å². The monoisotopic (exact) mass is 352 g/mol. The second-order valence-electron chi connectivity index (χ2n) is 4.49. The van der Waals surface area contributed by atoms with Crippen LogP contribution in [0.5, 0.6) is 0 Å². The maximum absolute atomic E-state index is 12.0. The normalized spacial score (nSPS) is 25.7. The van der Waals surface area contributed by atoms with E-state index in [4.69, 9.17) is 11.6 Å². The molecular formula is C11H14ClIN2O. The van der Waals surface area contributed by atoms with Gasteiger partial charge in [0.25, 0.3) is 5.56 Å². The summed E-state index contributed by atoms with van der Waals surface area (Å²) in [7, 11) is 0. The van der Waals surface area contributed by atoms with Gasteiger partial charge < -0.3 is 0 Å². The Kier molecular flexibility index (Phi) is 3.89. The van der Waals surface area contributed by atoms with E-state index < -0.39 is 0 Å². The summed E-state index contributed by atoms with van der Waals surface area (Å²) in [6, 6.07) is 0.300. The Morgan fingerprint density at radius 2 is 2.31 bits per heavy atom. The Labute approximate surface area is 113 Å². The van der Waals surface area contributed by atoms with Gasteiger partial charge in [-0.2, -0.15) is 0 Å². The maximum atomic E-state index is 12.0. The van der Waals surface area contributed by atoms with Crippen LogP contribution in [0.1, 0.15) is 38.6 Å². The highest BCUT2D eigenvalue weighted by Gasteiger charge is 2.22. The van der Waals surface area contributed by atoms with E-state index in [1.165, 1.54) is 12.8 Å². The van der Waals surface area contributed by atoms with E-state index in [9.17, 15) is 4.79 Å². The molecule has 1 aromatic heterocycles. The molecule has 1 fully saturated rings. The van der Waals surface area contributed by atoms with Crippen molar-refractivity contribution in [3.8, 4) is 0 Å². The van der Waals surface area contributed by atoms with Crippen molar-refractivity contribution < 1.29 is 0 Å². The third-order valence-electron chi connectivity index (χ3n) is 3.20. The fraction of sp³-hybridized carbons (Fsp3) is 0.636. The lowest BCUT2D eigenvalue weighted by Gasteiger charge is -2.28. The predicted octanol–water partition coefficient (Wildman–Crippen LogP) is 3.25. The van der Waals surface area contributed by atoms with Gasteiger partial charge in [0, 0.05) is 6.04 Å². The van der Waals surface area contributed by atoms with Crippen LogP contribution < -0.4 is 5.56 Å². The van der Waals surface area contributed by atoms with E-state index in [0.29, 0.717) is 20.7 Å². The minimum atomic E-state index is -0.000278. The summed E-state index contributed by atoms with van der Waals surface area (Å²) in [6.45, 7) is 2.24. The molecule has 0 radical (unpaired) electrons. The van der Waals surface area contributed by atoms with Crippen LogP contribution in [0.4, 0.5) is 0 Å². The van der Waals surface area contributed by atoms with Crippen LogP contribution in [0.25, 0.3) is 0 Å². The molecule has 0 N–H and O–H groups in total. The van der Waals surface area contributed by atoms with Gasteiger partial charge >= 0.3 is 0 Å². The van der Waals surface area contributed by atoms with Crippen molar-refractivity contribution in [1.29, 1.82) is 0 Å². The second-order valence-corrected chi connectivity index (χ2v) is 5.92. The molecular weight excluding hydrogens is 338 g/mol. The molecule has 16 heavy (non-hydrogen) atoms. The van der Waals surface area contributed by atoms with Crippen LogP contribution in [0.2, 0.25) is 5.15 Å². The van der Waals surface area contributed by atoms with E-state index in [2.05, 4.69) is 11.9 Å². The number of hydrogen-bond donors (Lipinski definition) is 0. The van der Waals surface area contributed by atoms with Crippen molar-refractivity contribution in [2.75, 3.05) is 0 Å². The van der Waals surface area contributed by atoms with E-state index in [1.54, 1.807) is 10.9 Å². The van der Waals surface area contributed by atoms with Gasteiger partial charge in [0.1, 0.15) is 8.72 Å². The van der Waals surface area contributed by atoms with Crippen LogP contribution in [0, 0.1) is 9.49 Å². The first-order chi connectivity index (χ1) is 7.59. The van der Waals surface area contributed by atoms with Crippen molar-refractivity contribution in [1.82, 2.24) is 9.55 Å². The molecule has 0 aromatic carbocycles. The molecule has 0 bridgehead atoms. The summed E-state index contributed by atoms with van der Waals surface area (Å²) in [4.78, 5) is 16.1. The van der Waals surface area contributed by atoms with Gasteiger partial charge in [-0.15, -0.1) is 0 Å². The highest BCUT2D eigenvalue weighted by atomic mass is 127. The Balaban J connectivity index is 2.33. The van der Waals surface area contributed by atoms with Gasteiger partial charge in [-0.1, -0.05) is 31.4 Å². The molecule has 1 aliphatic rings. The van der Waals surface area contributed by atoms with Gasteiger partial charge in [0.05, 0.1) is 6.33 Å². The Morgan fingerprint density at radius 3 is 3.00 bits per heavy atom. The fourth-order valence-electron chi connectivity index (χ4n) is 2.34. The third kappa shape index (κ3) is 2.42. The van der Waals surface area contributed by atoms with E-state index in [1.807, 2.05) is 22.6 Å². The van der Waals surface area contributed by atoms with Crippen LogP contribution in [-0.4, -0.2) is 9.55 Å². The zero-order chi connectivity index (χ0) is 11.7. The van der Waals surface area contributed by atoms with E-state index in [0.717, 1.165) is 12.8 Å². The van der Waals surface area contributed by atoms with Crippen LogP contribution in [-0.2, 0) is 0 Å². The smallest absolute Gasteiger partial charge is 0.268 e. The van der Waals surface area contributed by atoms with Gasteiger partial charge in [-0.25, -0.2) is 4.98 Å². The van der Waals surface area contributed by atoms with Crippen molar-refractivity contribution in [3.63, 3.8) is 0 Å². The first-order valence-corrected chi connectivity index (χ1v) is 6.97. The highest BCUT2D eigenvalue weighted by molar-refractivity contribution is 14.1. The summed E-state index contributed by atoms with van der Waals surface area (Å²) in [5.74, 6) is 0.694. The zero-order valence-corrected chi connectivity index (χ0v) is 12.0. The third-order valence-corrected chi connectivity index (χ3v) is 4.78. The fourth-order valence-corrected chi connectivity index (χ4v) is 2.88. The molecule has 0 spiro atoms. The maximum Gasteiger partial charge on any atom is 0.268 e. The van der Waals surface area contributed by atoms with Crippen LogP contribution >= 0.6 is 34.2 Å². The molecule has 88 valence electrons. The van der Waals surface area contributed by atoms with Gasteiger partial charge in [0.2, 0.25) is 0 Å². The van der Waals surface area contributed by atoms with Crippen LogP contribution in [0.3, 0.4) is 0 Å². The Bertz CT molecular complexity index is 446. The van der Waals surface area contributed by atoms with E-state index in [-0.39, 0.29) is 5.56 Å². The molecule has 0 aliphatic heterocycles. The van der Waals surface area contributed by atoms with Crippen molar-refractivity contribution in [2.45, 2.75) is 38.6 Å². The Hall–Kier alpha value is -0.100. The minimum absolute atomic E-state index is 0.000278. The number of aromatic nitrogens is 2. The summed E-state index contributed by atoms with van der Waals surface area (Å²) in [5, 5.41) is 0.311. The first-order valence-electron chi connectivity index (χ1n) is 5.51. The molecule has 1 saturated carbocycles. The molecule has 1 aliphatic carbocycles. The average Bonchev–Trinajstić information content (AvgIpc) is 2.26. The SMILES string of the molecule is CC1CCCC(n2cnc(Cl)c(I)c2=O)C1. The zero-order valence-electron chi connectivity index (χ0n) is 9.12. The number of nitrogens with zero attached hydrogens (tertiary/aromatic N) is 2. The topological polar surface area (TPSA) is 34.9 Å². The number of hydrogen-bond acceptors (Lipinski definition) is 2. The van der Waals surface area contributed by atoms with Gasteiger partial charge in [-0.3, -0.25) is 9.36 Å². The predicted molar refractivity (Wildman–Crippen MR) is 72.9 cm³/mol. The number of halogens is 2. The van der Waals surface area contributed by atoms with Gasteiger partial charge in [-0.05, 0) is 41.4 Å². The minimum Gasteiger partial charge on any atom is -0.295 e. The quantitative estimate of drug-likeness (QED) is 0.574. The second kappa shape index (κ2) is 5.04. The number of rotatable bonds is 1. The lowest BCUT2D eigenvalue weighted by Crippen LogP contribution is -2.30. The molecule has 0 saturated heterocycles. The summed E-state index contributed by atoms with van der Waals surface area (Å²) >= 11 is 7.79. The molecule has 2 rings (SSSR count). The molecule has 1 heterocycles. The Morgan fingerprint density at radius 1 is 1.56 bits per heavy atom. The molecule has 1 aromatic rings. The van der Waals surface area contributed by atoms with Gasteiger partial charge in [0.15, 0.2) is 0 Å². The molecule has 0 amide bonds. The first kappa shape index (κ1) is 12.4. The van der Waals surface area contributed by atoms with Crippen molar-refractivity contribution in [3.05, 3.63) is 25.4 Å². The van der Waals surface area contributed by atoms with Crippen molar-refractivity contribution >= 4 is 34.2 Å². The largest absolute Gasteiger partial charge is 0.295 e. The van der Waals surface area contributed by atoms with Crippen LogP contribution in [0.15, 0.2) is 11.1 Å². The lowest BCUT2D eigenvalue weighted by atomic mass is 9.87. The molecule has 5 heteroatoms. The molecule has 2 atom stereocenters. The molecule has 3 nitrogen and oxygen atoms in total. The average molecular weight is 353 g/mol. The standard InChI is InChI=1S/C11H14ClIN2O/c1-7-3-2-4-8(5-7)15-6-14-10(12)9(13)11(15)16/h6-8H,2-5H2,1H3.